The van der Waals surface area contributed by atoms with Crippen molar-refractivity contribution in [3.63, 3.8) is 0 Å². The number of allylic oxidation sites excluding steroid dienone is 4. The molecule has 0 bridgehead atoms. The van der Waals surface area contributed by atoms with E-state index >= 15 is 0 Å². The molecule has 0 unspecified atom stereocenters. The third-order valence-corrected chi connectivity index (χ3v) is 3.73. The van der Waals surface area contributed by atoms with Crippen molar-refractivity contribution in [2.24, 2.45) is 5.92 Å². The van der Waals surface area contributed by atoms with E-state index in [1.807, 2.05) is 32.2 Å². The van der Waals surface area contributed by atoms with Crippen LogP contribution >= 0.6 is 0 Å². The van der Waals surface area contributed by atoms with Crippen LogP contribution in [0.3, 0.4) is 0 Å². The highest BCUT2D eigenvalue weighted by atomic mass is 14.8. The predicted octanol–water partition coefficient (Wildman–Crippen LogP) is 4.88. The minimum Gasteiger partial charge on any atom is -0.388 e. The zero-order valence-electron chi connectivity index (χ0n) is 14.1. The molecule has 0 aliphatic heterocycles. The van der Waals surface area contributed by atoms with Crippen LogP contribution in [-0.2, 0) is 0 Å². The summed E-state index contributed by atoms with van der Waals surface area (Å²) >= 11 is 0. The van der Waals surface area contributed by atoms with Gasteiger partial charge >= 0.3 is 0 Å². The monoisotopic (exact) mass is 294 g/mol. The van der Waals surface area contributed by atoms with Gasteiger partial charge in [0, 0.05) is 19.0 Å². The van der Waals surface area contributed by atoms with Crippen molar-refractivity contribution in [3.05, 3.63) is 77.5 Å². The van der Waals surface area contributed by atoms with Crippen molar-refractivity contribution >= 4 is 11.8 Å². The molecule has 2 heteroatoms. The lowest BCUT2D eigenvalue weighted by atomic mass is 9.91. The van der Waals surface area contributed by atoms with Gasteiger partial charge in [-0.15, -0.1) is 0 Å². The Labute approximate surface area is 134 Å². The quantitative estimate of drug-likeness (QED) is 0.546. The lowest BCUT2D eigenvalue weighted by Crippen LogP contribution is -2.11. The second kappa shape index (κ2) is 7.60. The van der Waals surface area contributed by atoms with Gasteiger partial charge < -0.3 is 10.7 Å². The molecule has 0 aliphatic rings. The van der Waals surface area contributed by atoms with Crippen LogP contribution in [0.5, 0.6) is 0 Å². The van der Waals surface area contributed by atoms with Crippen LogP contribution in [0.15, 0.2) is 60.9 Å². The number of likely N-dealkylation sites (N-methyl/N-ethyl adjacent to an activating group) is 1. The molecule has 0 saturated carbocycles. The van der Waals surface area contributed by atoms with Gasteiger partial charge in [0.2, 0.25) is 0 Å². The first kappa shape index (κ1) is 17.7. The molecular weight excluding hydrogens is 268 g/mol. The van der Waals surface area contributed by atoms with Crippen LogP contribution in [-0.4, -0.2) is 13.3 Å². The smallest absolute Gasteiger partial charge is 0.0299 e. The summed E-state index contributed by atoms with van der Waals surface area (Å²) in [6.07, 6.45) is 3.40. The van der Waals surface area contributed by atoms with Gasteiger partial charge in [0.15, 0.2) is 0 Å². The molecule has 1 aromatic carbocycles. The Morgan fingerprint density at radius 3 is 2.32 bits per heavy atom. The molecule has 0 atom stereocenters. The molecule has 1 rings (SSSR count). The minimum atomic E-state index is 0.353. The largest absolute Gasteiger partial charge is 0.388 e. The molecule has 0 aliphatic carbocycles. The third-order valence-electron chi connectivity index (χ3n) is 3.73. The van der Waals surface area contributed by atoms with E-state index in [4.69, 9.17) is 5.41 Å². The number of nitrogens with one attached hydrogen (secondary N) is 2. The fourth-order valence-corrected chi connectivity index (χ4v) is 2.31. The molecule has 2 N–H and O–H groups in total. The van der Waals surface area contributed by atoms with Crippen LogP contribution < -0.4 is 5.32 Å². The summed E-state index contributed by atoms with van der Waals surface area (Å²) in [6, 6.07) is 5.91. The van der Waals surface area contributed by atoms with E-state index in [2.05, 4.69) is 45.0 Å². The molecule has 0 aromatic heterocycles. The Morgan fingerprint density at radius 1 is 1.23 bits per heavy atom. The average Bonchev–Trinajstić information content (AvgIpc) is 2.50. The van der Waals surface area contributed by atoms with Crippen molar-refractivity contribution in [2.75, 3.05) is 7.05 Å². The van der Waals surface area contributed by atoms with E-state index in [-0.39, 0.29) is 0 Å². The molecule has 22 heavy (non-hydrogen) atoms. The Bertz CT molecular complexity index is 646. The van der Waals surface area contributed by atoms with Gasteiger partial charge in [-0.05, 0) is 58.4 Å². The van der Waals surface area contributed by atoms with Gasteiger partial charge in [0.25, 0.3) is 0 Å². The molecule has 2 nitrogen and oxygen atoms in total. The zero-order chi connectivity index (χ0) is 16.9. The summed E-state index contributed by atoms with van der Waals surface area (Å²) in [5.74, 6) is 0.353. The zero-order valence-corrected chi connectivity index (χ0v) is 14.1. The molecule has 0 radical (unpaired) electrons. The fraction of sp³-hybridized carbons (Fsp3) is 0.250. The number of aryl methyl sites for hydroxylation is 1. The van der Waals surface area contributed by atoms with E-state index in [1.165, 1.54) is 6.21 Å². The predicted molar refractivity (Wildman–Crippen MR) is 98.4 cm³/mol. The van der Waals surface area contributed by atoms with Crippen LogP contribution in [0.4, 0.5) is 0 Å². The second-order valence-corrected chi connectivity index (χ2v) is 5.71. The van der Waals surface area contributed by atoms with Crippen molar-refractivity contribution in [1.82, 2.24) is 5.32 Å². The molecule has 0 saturated heterocycles. The highest BCUT2D eigenvalue weighted by Gasteiger charge is 2.10. The molecule has 0 spiro atoms. The highest BCUT2D eigenvalue weighted by molar-refractivity contribution is 5.84. The minimum absolute atomic E-state index is 0.353. The molecular formula is C20H26N2. The summed E-state index contributed by atoms with van der Waals surface area (Å²) in [5, 5.41) is 10.4. The first-order chi connectivity index (χ1) is 10.3. The summed E-state index contributed by atoms with van der Waals surface area (Å²) < 4.78 is 0. The molecule has 0 heterocycles. The molecule has 0 fully saturated rings. The first-order valence-corrected chi connectivity index (χ1v) is 7.40. The van der Waals surface area contributed by atoms with Crippen LogP contribution in [0.2, 0.25) is 0 Å². The summed E-state index contributed by atoms with van der Waals surface area (Å²) in [7, 11) is 1.87. The SMILES string of the molecule is C=C(/C=C(\C(=C)NC)C(C)C)C(=C)c1ccc(C=N)cc1C. The van der Waals surface area contributed by atoms with E-state index in [0.717, 1.165) is 39.1 Å². The van der Waals surface area contributed by atoms with Gasteiger partial charge in [0.05, 0.1) is 0 Å². The van der Waals surface area contributed by atoms with Crippen LogP contribution in [0.1, 0.15) is 30.5 Å². The molecule has 1 aromatic rings. The van der Waals surface area contributed by atoms with Crippen molar-refractivity contribution in [1.29, 1.82) is 5.41 Å². The van der Waals surface area contributed by atoms with Gasteiger partial charge in [-0.3, -0.25) is 0 Å². The maximum atomic E-state index is 7.32. The maximum Gasteiger partial charge on any atom is 0.0299 e. The number of rotatable bonds is 7. The summed E-state index contributed by atoms with van der Waals surface area (Å²) in [5.41, 5.74) is 6.86. The number of hydrogen-bond acceptors (Lipinski definition) is 2. The number of benzene rings is 1. The lowest BCUT2D eigenvalue weighted by molar-refractivity contribution is 0.756. The van der Waals surface area contributed by atoms with E-state index in [0.29, 0.717) is 5.92 Å². The lowest BCUT2D eigenvalue weighted by Gasteiger charge is -2.17. The fourth-order valence-electron chi connectivity index (χ4n) is 2.31. The summed E-state index contributed by atoms with van der Waals surface area (Å²) in [6.45, 7) is 18.7. The van der Waals surface area contributed by atoms with Gasteiger partial charge in [-0.2, -0.15) is 0 Å². The Morgan fingerprint density at radius 2 is 1.86 bits per heavy atom. The standard InChI is InChI=1S/C20H26N2/c1-13(2)20(17(6)22-7)11-14(3)16(5)19-9-8-18(12-21)10-15(19)4/h8-13,21-22H,3,5-6H2,1-2,4,7H3/b20-11-,21-12?. The van der Waals surface area contributed by atoms with E-state index in [9.17, 15) is 0 Å². The normalized spacial score (nSPS) is 11.2. The number of hydrogen-bond donors (Lipinski definition) is 2. The van der Waals surface area contributed by atoms with Gasteiger partial charge in [-0.1, -0.05) is 45.7 Å². The van der Waals surface area contributed by atoms with Gasteiger partial charge in [-0.25, -0.2) is 0 Å². The molecule has 0 amide bonds. The Hall–Kier alpha value is -2.35. The van der Waals surface area contributed by atoms with Crippen molar-refractivity contribution in [3.8, 4) is 0 Å². The van der Waals surface area contributed by atoms with Crippen LogP contribution in [0.25, 0.3) is 5.57 Å². The van der Waals surface area contributed by atoms with Crippen molar-refractivity contribution < 1.29 is 0 Å². The Kier molecular flexibility index (Phi) is 6.11. The topological polar surface area (TPSA) is 35.9 Å². The highest BCUT2D eigenvalue weighted by Crippen LogP contribution is 2.27. The summed E-state index contributed by atoms with van der Waals surface area (Å²) in [4.78, 5) is 0. The molecule has 116 valence electrons. The third kappa shape index (κ3) is 4.08. The van der Waals surface area contributed by atoms with E-state index < -0.39 is 0 Å². The maximum absolute atomic E-state index is 7.32. The Balaban J connectivity index is 3.14. The van der Waals surface area contributed by atoms with E-state index in [1.54, 1.807) is 0 Å². The van der Waals surface area contributed by atoms with Crippen LogP contribution in [0, 0.1) is 18.3 Å². The van der Waals surface area contributed by atoms with Gasteiger partial charge in [0.1, 0.15) is 0 Å². The average molecular weight is 294 g/mol. The second-order valence-electron chi connectivity index (χ2n) is 5.71. The first-order valence-electron chi connectivity index (χ1n) is 7.40. The van der Waals surface area contributed by atoms with Crippen molar-refractivity contribution in [2.45, 2.75) is 20.8 Å².